The Labute approximate surface area is 142 Å². The number of amides is 1. The zero-order valence-electron chi connectivity index (χ0n) is 14.7. The van der Waals surface area contributed by atoms with Crippen molar-refractivity contribution in [3.63, 3.8) is 0 Å². The lowest BCUT2D eigenvalue weighted by molar-refractivity contribution is -0.144. The summed E-state index contributed by atoms with van der Waals surface area (Å²) in [6.07, 6.45) is 3.38. The van der Waals surface area contributed by atoms with Gasteiger partial charge < -0.3 is 19.9 Å². The Morgan fingerprint density at radius 1 is 1.33 bits per heavy atom. The van der Waals surface area contributed by atoms with Crippen LogP contribution >= 0.6 is 0 Å². The van der Waals surface area contributed by atoms with Crippen LogP contribution in [0.25, 0.3) is 10.9 Å². The van der Waals surface area contributed by atoms with Crippen LogP contribution < -0.4 is 5.32 Å². The monoisotopic (exact) mass is 331 g/mol. The predicted octanol–water partition coefficient (Wildman–Crippen LogP) is 1.49. The van der Waals surface area contributed by atoms with Crippen LogP contribution in [0, 0.1) is 0 Å². The summed E-state index contributed by atoms with van der Waals surface area (Å²) in [4.78, 5) is 28.6. The number of aromatic nitrogens is 1. The van der Waals surface area contributed by atoms with E-state index < -0.39 is 12.0 Å². The Hall–Kier alpha value is -2.34. The van der Waals surface area contributed by atoms with Crippen molar-refractivity contribution in [2.45, 2.75) is 25.8 Å². The molecule has 0 aliphatic heterocycles. The van der Waals surface area contributed by atoms with Gasteiger partial charge in [-0.15, -0.1) is 0 Å². The van der Waals surface area contributed by atoms with E-state index in [0.717, 1.165) is 29.4 Å². The molecule has 1 atom stereocenters. The Kier molecular flexibility index (Phi) is 5.98. The second kappa shape index (κ2) is 7.97. The highest BCUT2D eigenvalue weighted by Crippen LogP contribution is 2.21. The Morgan fingerprint density at radius 3 is 2.71 bits per heavy atom. The lowest BCUT2D eigenvalue weighted by atomic mass is 10.0. The highest BCUT2D eigenvalue weighted by Gasteiger charge is 2.20. The first kappa shape index (κ1) is 18.0. The molecule has 2 aromatic rings. The van der Waals surface area contributed by atoms with Gasteiger partial charge in [0.05, 0.1) is 7.11 Å². The SMILES string of the molecule is COC(=O)[C@H](Cc1ccc2[nH]cc(CCN(C)C)c2c1)NC(C)=O. The fourth-order valence-corrected chi connectivity index (χ4v) is 2.72. The first-order valence-electron chi connectivity index (χ1n) is 7.99. The van der Waals surface area contributed by atoms with E-state index in [4.69, 9.17) is 4.74 Å². The van der Waals surface area contributed by atoms with E-state index in [2.05, 4.69) is 35.4 Å². The van der Waals surface area contributed by atoms with Crippen molar-refractivity contribution in [1.82, 2.24) is 15.2 Å². The van der Waals surface area contributed by atoms with Gasteiger partial charge in [-0.25, -0.2) is 4.79 Å². The van der Waals surface area contributed by atoms with Crippen molar-refractivity contribution in [2.75, 3.05) is 27.7 Å². The number of methoxy groups -OCH3 is 1. The second-order valence-corrected chi connectivity index (χ2v) is 6.23. The van der Waals surface area contributed by atoms with Crippen LogP contribution in [0.2, 0.25) is 0 Å². The smallest absolute Gasteiger partial charge is 0.328 e. The summed E-state index contributed by atoms with van der Waals surface area (Å²) < 4.78 is 4.78. The minimum atomic E-state index is -0.672. The number of fused-ring (bicyclic) bond motifs is 1. The van der Waals surface area contributed by atoms with Crippen LogP contribution in [0.3, 0.4) is 0 Å². The third-order valence-corrected chi connectivity index (χ3v) is 3.96. The quantitative estimate of drug-likeness (QED) is 0.754. The van der Waals surface area contributed by atoms with Crippen LogP contribution in [0.1, 0.15) is 18.1 Å². The van der Waals surface area contributed by atoms with Gasteiger partial charge in [0.15, 0.2) is 0 Å². The van der Waals surface area contributed by atoms with Crippen LogP contribution in [0.15, 0.2) is 24.4 Å². The number of rotatable bonds is 7. The molecule has 6 nitrogen and oxygen atoms in total. The van der Waals surface area contributed by atoms with Gasteiger partial charge in [-0.2, -0.15) is 0 Å². The van der Waals surface area contributed by atoms with E-state index in [1.807, 2.05) is 18.3 Å². The molecule has 0 radical (unpaired) electrons. The highest BCUT2D eigenvalue weighted by molar-refractivity contribution is 5.85. The molecule has 6 heteroatoms. The molecule has 0 bridgehead atoms. The molecule has 24 heavy (non-hydrogen) atoms. The molecule has 2 rings (SSSR count). The van der Waals surface area contributed by atoms with Crippen molar-refractivity contribution >= 4 is 22.8 Å². The summed E-state index contributed by atoms with van der Waals surface area (Å²) in [6, 6.07) is 5.38. The number of carbonyl (C=O) groups is 2. The molecule has 0 aliphatic carbocycles. The summed E-state index contributed by atoms with van der Waals surface area (Å²) in [5.74, 6) is -0.688. The third kappa shape index (κ3) is 4.58. The number of ether oxygens (including phenoxy) is 1. The van der Waals surface area contributed by atoms with Crippen LogP contribution in [0.4, 0.5) is 0 Å². The van der Waals surface area contributed by atoms with Crippen molar-refractivity contribution in [3.05, 3.63) is 35.5 Å². The van der Waals surface area contributed by atoms with E-state index in [1.54, 1.807) is 0 Å². The Bertz CT molecular complexity index is 721. The van der Waals surface area contributed by atoms with Crippen molar-refractivity contribution < 1.29 is 14.3 Å². The number of aromatic amines is 1. The highest BCUT2D eigenvalue weighted by atomic mass is 16.5. The summed E-state index contributed by atoms with van der Waals surface area (Å²) >= 11 is 0. The number of carbonyl (C=O) groups excluding carboxylic acids is 2. The second-order valence-electron chi connectivity index (χ2n) is 6.23. The predicted molar refractivity (Wildman–Crippen MR) is 93.9 cm³/mol. The van der Waals surface area contributed by atoms with Gasteiger partial charge >= 0.3 is 5.97 Å². The molecule has 0 fully saturated rings. The summed E-state index contributed by atoms with van der Waals surface area (Å²) in [5, 5.41) is 3.80. The fourth-order valence-electron chi connectivity index (χ4n) is 2.72. The molecule has 2 N–H and O–H groups in total. The van der Waals surface area contributed by atoms with Gasteiger partial charge in [0, 0.05) is 37.0 Å². The minimum Gasteiger partial charge on any atom is -0.467 e. The number of benzene rings is 1. The molecule has 0 spiro atoms. The normalized spacial score (nSPS) is 12.4. The van der Waals surface area contributed by atoms with Gasteiger partial charge in [-0.05, 0) is 43.8 Å². The average Bonchev–Trinajstić information content (AvgIpc) is 2.93. The van der Waals surface area contributed by atoms with E-state index >= 15 is 0 Å². The molecule has 1 amide bonds. The number of H-pyrrole nitrogens is 1. The maximum absolute atomic E-state index is 11.9. The van der Waals surface area contributed by atoms with Crippen molar-refractivity contribution in [3.8, 4) is 0 Å². The third-order valence-electron chi connectivity index (χ3n) is 3.96. The average molecular weight is 331 g/mol. The van der Waals surface area contributed by atoms with E-state index in [1.165, 1.54) is 19.6 Å². The first-order valence-corrected chi connectivity index (χ1v) is 7.99. The molecule has 1 heterocycles. The summed E-state index contributed by atoms with van der Waals surface area (Å²) in [7, 11) is 5.43. The van der Waals surface area contributed by atoms with Gasteiger partial charge in [0.2, 0.25) is 5.91 Å². The topological polar surface area (TPSA) is 74.4 Å². The van der Waals surface area contributed by atoms with Gasteiger partial charge in [-0.1, -0.05) is 6.07 Å². The molecule has 0 aliphatic rings. The first-order chi connectivity index (χ1) is 11.4. The van der Waals surface area contributed by atoms with Gasteiger partial charge in [0.1, 0.15) is 6.04 Å². The summed E-state index contributed by atoms with van der Waals surface area (Å²) in [5.41, 5.74) is 3.30. The number of likely N-dealkylation sites (N-methyl/N-ethyl adjacent to an activating group) is 1. The maximum Gasteiger partial charge on any atom is 0.328 e. The number of hydrogen-bond acceptors (Lipinski definition) is 4. The standard InChI is InChI=1S/C18H25N3O3/c1-12(22)20-17(18(23)24-4)10-13-5-6-16-15(9-13)14(11-19-16)7-8-21(2)3/h5-6,9,11,17,19H,7-8,10H2,1-4H3,(H,20,22)/t17-/m0/s1. The van der Waals surface area contributed by atoms with Crippen LogP contribution in [-0.2, 0) is 27.2 Å². The van der Waals surface area contributed by atoms with Crippen molar-refractivity contribution in [2.24, 2.45) is 0 Å². The van der Waals surface area contributed by atoms with Gasteiger partial charge in [-0.3, -0.25) is 4.79 Å². The van der Waals surface area contributed by atoms with Crippen LogP contribution in [0.5, 0.6) is 0 Å². The van der Waals surface area contributed by atoms with E-state index in [0.29, 0.717) is 6.42 Å². The number of hydrogen-bond donors (Lipinski definition) is 2. The zero-order valence-corrected chi connectivity index (χ0v) is 14.7. The summed E-state index contributed by atoms with van der Waals surface area (Å²) in [6.45, 7) is 2.36. The molecule has 0 saturated carbocycles. The lowest BCUT2D eigenvalue weighted by Gasteiger charge is -2.15. The van der Waals surface area contributed by atoms with E-state index in [9.17, 15) is 9.59 Å². The molecular formula is C18H25N3O3. The molecule has 0 unspecified atom stereocenters. The lowest BCUT2D eigenvalue weighted by Crippen LogP contribution is -2.41. The van der Waals surface area contributed by atoms with Crippen LogP contribution in [-0.4, -0.2) is 55.6 Å². The Morgan fingerprint density at radius 2 is 2.08 bits per heavy atom. The molecule has 0 saturated heterocycles. The Balaban J connectivity index is 2.23. The molecular weight excluding hydrogens is 306 g/mol. The van der Waals surface area contributed by atoms with E-state index in [-0.39, 0.29) is 5.91 Å². The number of nitrogens with zero attached hydrogens (tertiary/aromatic N) is 1. The molecule has 130 valence electrons. The molecule has 1 aromatic carbocycles. The van der Waals surface area contributed by atoms with Gasteiger partial charge in [0.25, 0.3) is 0 Å². The fraction of sp³-hybridized carbons (Fsp3) is 0.444. The van der Waals surface area contributed by atoms with Crippen molar-refractivity contribution in [1.29, 1.82) is 0 Å². The minimum absolute atomic E-state index is 0.250. The largest absolute Gasteiger partial charge is 0.467 e. The maximum atomic E-state index is 11.9. The number of esters is 1. The number of nitrogens with one attached hydrogen (secondary N) is 2. The zero-order chi connectivity index (χ0) is 17.7. The molecule has 1 aromatic heterocycles.